The fourth-order valence-electron chi connectivity index (χ4n) is 3.83. The summed E-state index contributed by atoms with van der Waals surface area (Å²) >= 11 is 0. The number of likely N-dealkylation sites (tertiary alicyclic amines) is 2. The molecule has 0 bridgehead atoms. The molecule has 1 N–H and O–H groups in total. The smallest absolute Gasteiger partial charge is 0.238 e. The van der Waals surface area contributed by atoms with E-state index >= 15 is 0 Å². The summed E-state index contributed by atoms with van der Waals surface area (Å²) in [5.41, 5.74) is 0.627. The number of anilines is 1. The second-order valence-corrected chi connectivity index (χ2v) is 7.20. The molecular formula is C20H29N3O4. The zero-order valence-electron chi connectivity index (χ0n) is 16.2. The molecule has 0 unspecified atom stereocenters. The topological polar surface area (TPSA) is 71.1 Å². The Hall–Kier alpha value is -2.28. The summed E-state index contributed by atoms with van der Waals surface area (Å²) in [6.07, 6.45) is 3.90. The van der Waals surface area contributed by atoms with Gasteiger partial charge >= 0.3 is 0 Å². The van der Waals surface area contributed by atoms with Crippen molar-refractivity contribution in [3.8, 4) is 11.5 Å². The summed E-state index contributed by atoms with van der Waals surface area (Å²) in [5.74, 6) is 1.58. The van der Waals surface area contributed by atoms with E-state index in [9.17, 15) is 9.59 Å². The average Bonchev–Trinajstić information content (AvgIpc) is 3.23. The lowest BCUT2D eigenvalue weighted by molar-refractivity contribution is -0.136. The van der Waals surface area contributed by atoms with E-state index in [1.54, 1.807) is 32.4 Å². The summed E-state index contributed by atoms with van der Waals surface area (Å²) in [5, 5.41) is 2.90. The van der Waals surface area contributed by atoms with Gasteiger partial charge in [-0.15, -0.1) is 0 Å². The Morgan fingerprint density at radius 2 is 1.78 bits per heavy atom. The van der Waals surface area contributed by atoms with E-state index in [4.69, 9.17) is 9.47 Å². The summed E-state index contributed by atoms with van der Waals surface area (Å²) < 4.78 is 10.5. The Kier molecular flexibility index (Phi) is 6.55. The summed E-state index contributed by atoms with van der Waals surface area (Å²) in [7, 11) is 3.15. The molecule has 7 heteroatoms. The number of methoxy groups -OCH3 is 2. The number of carbonyl (C=O) groups excluding carboxylic acids is 2. The van der Waals surface area contributed by atoms with E-state index in [1.165, 1.54) is 0 Å². The van der Waals surface area contributed by atoms with Gasteiger partial charge in [0.05, 0.1) is 26.5 Å². The summed E-state index contributed by atoms with van der Waals surface area (Å²) in [6, 6.07) is 5.30. The largest absolute Gasteiger partial charge is 0.497 e. The van der Waals surface area contributed by atoms with Crippen LogP contribution in [-0.2, 0) is 9.59 Å². The first kappa shape index (κ1) is 19.5. The Labute approximate surface area is 160 Å². The van der Waals surface area contributed by atoms with Gasteiger partial charge in [-0.05, 0) is 50.9 Å². The van der Waals surface area contributed by atoms with Crippen LogP contribution >= 0.6 is 0 Å². The number of nitrogens with zero attached hydrogens (tertiary/aromatic N) is 2. The van der Waals surface area contributed by atoms with E-state index in [-0.39, 0.29) is 11.8 Å². The van der Waals surface area contributed by atoms with Gasteiger partial charge in [-0.1, -0.05) is 0 Å². The van der Waals surface area contributed by atoms with E-state index < -0.39 is 0 Å². The lowest BCUT2D eigenvalue weighted by atomic mass is 9.95. The predicted octanol–water partition coefficient (Wildman–Crippen LogP) is 1.98. The van der Waals surface area contributed by atoms with Crippen LogP contribution in [0.25, 0.3) is 0 Å². The normalized spacial score (nSPS) is 18.4. The van der Waals surface area contributed by atoms with E-state index in [2.05, 4.69) is 10.2 Å². The Morgan fingerprint density at radius 1 is 1.07 bits per heavy atom. The summed E-state index contributed by atoms with van der Waals surface area (Å²) in [4.78, 5) is 29.0. The molecule has 2 saturated heterocycles. The molecule has 148 valence electrons. The minimum atomic E-state index is -0.0808. The third-order valence-electron chi connectivity index (χ3n) is 5.40. The molecule has 2 heterocycles. The van der Waals surface area contributed by atoms with Crippen LogP contribution in [0.1, 0.15) is 25.7 Å². The molecule has 2 amide bonds. The first-order valence-electron chi connectivity index (χ1n) is 9.63. The SMILES string of the molecule is COc1ccc(NC(=O)CN2CCC(C(=O)N3CCCC3)CC2)c(OC)c1. The Balaban J connectivity index is 1.47. The molecular weight excluding hydrogens is 346 g/mol. The van der Waals surface area contributed by atoms with Gasteiger partial charge in [0, 0.05) is 25.1 Å². The van der Waals surface area contributed by atoms with Crippen LogP contribution in [0, 0.1) is 5.92 Å². The highest BCUT2D eigenvalue weighted by Gasteiger charge is 2.30. The van der Waals surface area contributed by atoms with Gasteiger partial charge in [-0.2, -0.15) is 0 Å². The molecule has 0 aliphatic carbocycles. The number of hydrogen-bond donors (Lipinski definition) is 1. The second kappa shape index (κ2) is 9.08. The van der Waals surface area contributed by atoms with Crippen molar-refractivity contribution in [1.82, 2.24) is 9.80 Å². The van der Waals surface area contributed by atoms with E-state index in [1.807, 2.05) is 4.90 Å². The molecule has 2 fully saturated rings. The Morgan fingerprint density at radius 3 is 2.41 bits per heavy atom. The maximum Gasteiger partial charge on any atom is 0.238 e. The van der Waals surface area contributed by atoms with Crippen molar-refractivity contribution < 1.29 is 19.1 Å². The number of nitrogens with one attached hydrogen (secondary N) is 1. The van der Waals surface area contributed by atoms with Crippen molar-refractivity contribution in [2.45, 2.75) is 25.7 Å². The third-order valence-corrected chi connectivity index (χ3v) is 5.40. The maximum atomic E-state index is 12.5. The Bertz CT molecular complexity index is 665. The quantitative estimate of drug-likeness (QED) is 0.823. The highest BCUT2D eigenvalue weighted by atomic mass is 16.5. The molecule has 2 aliphatic heterocycles. The van der Waals surface area contributed by atoms with Crippen molar-refractivity contribution in [1.29, 1.82) is 0 Å². The number of ether oxygens (including phenoxy) is 2. The van der Waals surface area contributed by atoms with Crippen LogP contribution in [0.4, 0.5) is 5.69 Å². The molecule has 7 nitrogen and oxygen atoms in total. The number of benzene rings is 1. The number of rotatable bonds is 6. The predicted molar refractivity (Wildman–Crippen MR) is 103 cm³/mol. The van der Waals surface area contributed by atoms with Gasteiger partial charge in [0.2, 0.25) is 11.8 Å². The van der Waals surface area contributed by atoms with Crippen molar-refractivity contribution >= 4 is 17.5 Å². The number of amides is 2. The zero-order valence-corrected chi connectivity index (χ0v) is 16.2. The van der Waals surface area contributed by atoms with Gasteiger partial charge in [-0.25, -0.2) is 0 Å². The van der Waals surface area contributed by atoms with Crippen molar-refractivity contribution in [3.63, 3.8) is 0 Å². The first-order chi connectivity index (χ1) is 13.1. The molecule has 27 heavy (non-hydrogen) atoms. The van der Waals surface area contributed by atoms with Crippen LogP contribution < -0.4 is 14.8 Å². The molecule has 0 saturated carbocycles. The van der Waals surface area contributed by atoms with Gasteiger partial charge in [0.25, 0.3) is 0 Å². The molecule has 0 radical (unpaired) electrons. The van der Waals surface area contributed by atoms with Gasteiger partial charge in [0.1, 0.15) is 11.5 Å². The van der Waals surface area contributed by atoms with E-state index in [0.29, 0.717) is 29.6 Å². The number of carbonyl (C=O) groups is 2. The van der Waals surface area contributed by atoms with Crippen LogP contribution in [0.2, 0.25) is 0 Å². The average molecular weight is 375 g/mol. The standard InChI is InChI=1S/C20H29N3O4/c1-26-16-5-6-17(18(13-16)27-2)21-19(24)14-22-11-7-15(8-12-22)20(25)23-9-3-4-10-23/h5-6,13,15H,3-4,7-12,14H2,1-2H3,(H,21,24). The zero-order chi connectivity index (χ0) is 19.2. The number of hydrogen-bond acceptors (Lipinski definition) is 5. The molecule has 0 spiro atoms. The monoisotopic (exact) mass is 375 g/mol. The van der Waals surface area contributed by atoms with Crippen molar-refractivity contribution in [2.24, 2.45) is 5.92 Å². The van der Waals surface area contributed by atoms with Crippen LogP contribution in [0.15, 0.2) is 18.2 Å². The highest BCUT2D eigenvalue weighted by Crippen LogP contribution is 2.29. The minimum Gasteiger partial charge on any atom is -0.497 e. The molecule has 2 aliphatic rings. The van der Waals surface area contributed by atoms with Gasteiger partial charge in [0.15, 0.2) is 0 Å². The molecule has 0 atom stereocenters. The van der Waals surface area contributed by atoms with Crippen LogP contribution in [0.3, 0.4) is 0 Å². The lowest BCUT2D eigenvalue weighted by Crippen LogP contribution is -2.43. The first-order valence-corrected chi connectivity index (χ1v) is 9.63. The molecule has 1 aromatic rings. The molecule has 3 rings (SSSR count). The van der Waals surface area contributed by atoms with Gasteiger partial charge < -0.3 is 19.7 Å². The minimum absolute atomic E-state index is 0.0808. The second-order valence-electron chi connectivity index (χ2n) is 7.20. The van der Waals surface area contributed by atoms with Crippen molar-refractivity contribution in [3.05, 3.63) is 18.2 Å². The van der Waals surface area contributed by atoms with Gasteiger partial charge in [-0.3, -0.25) is 14.5 Å². The number of piperidine rings is 1. The fraction of sp³-hybridized carbons (Fsp3) is 0.600. The highest BCUT2D eigenvalue weighted by molar-refractivity contribution is 5.93. The van der Waals surface area contributed by atoms with Crippen molar-refractivity contribution in [2.75, 3.05) is 52.3 Å². The van der Waals surface area contributed by atoms with Crippen LogP contribution in [0.5, 0.6) is 11.5 Å². The van der Waals surface area contributed by atoms with Crippen LogP contribution in [-0.4, -0.2) is 68.6 Å². The fourth-order valence-corrected chi connectivity index (χ4v) is 3.83. The summed E-state index contributed by atoms with van der Waals surface area (Å²) in [6.45, 7) is 3.69. The molecule has 0 aromatic heterocycles. The maximum absolute atomic E-state index is 12.5. The lowest BCUT2D eigenvalue weighted by Gasteiger charge is -2.32. The molecule has 1 aromatic carbocycles. The third kappa shape index (κ3) is 4.91. The van der Waals surface area contributed by atoms with E-state index in [0.717, 1.165) is 51.9 Å².